The number of carboxylic acids is 1. The summed E-state index contributed by atoms with van der Waals surface area (Å²) in [5, 5.41) is 16.7. The van der Waals surface area contributed by atoms with E-state index in [1.165, 1.54) is 0 Å². The van der Waals surface area contributed by atoms with E-state index in [1.54, 1.807) is 13.8 Å². The van der Waals surface area contributed by atoms with Gasteiger partial charge in [0.25, 0.3) is 0 Å². The molecule has 0 rings (SSSR count). The van der Waals surface area contributed by atoms with Gasteiger partial charge < -0.3 is 32.5 Å². The molecule has 1 unspecified atom stereocenters. The van der Waals surface area contributed by atoms with E-state index in [4.69, 9.17) is 11.5 Å². The number of rotatable bonds is 12. The lowest BCUT2D eigenvalue weighted by Gasteiger charge is -2.26. The lowest BCUT2D eigenvalue weighted by atomic mass is 9.97. The van der Waals surface area contributed by atoms with E-state index < -0.39 is 47.9 Å². The highest BCUT2D eigenvalue weighted by Gasteiger charge is 2.30. The minimum atomic E-state index is -1.13. The fraction of sp³-hybridized carbons (Fsp3) is 0.778. The van der Waals surface area contributed by atoms with E-state index in [2.05, 4.69) is 16.0 Å². The Labute approximate surface area is 166 Å². The Balaban J connectivity index is 4.98. The van der Waals surface area contributed by atoms with Gasteiger partial charge in [-0.1, -0.05) is 34.1 Å². The molecule has 0 aliphatic carbocycles. The molecule has 0 spiro atoms. The number of amides is 3. The number of nitrogens with two attached hydrogens (primary N) is 2. The fourth-order valence-electron chi connectivity index (χ4n) is 2.40. The number of carbonyl (C=O) groups is 4. The van der Waals surface area contributed by atoms with Crippen LogP contribution in [0, 0.1) is 11.8 Å². The molecular weight excluding hydrogens is 366 g/mol. The van der Waals surface area contributed by atoms with Crippen LogP contribution < -0.4 is 27.4 Å². The van der Waals surface area contributed by atoms with Gasteiger partial charge >= 0.3 is 5.97 Å². The third kappa shape index (κ3) is 9.14. The summed E-state index contributed by atoms with van der Waals surface area (Å²) in [6, 6.07) is -3.49. The highest BCUT2D eigenvalue weighted by Crippen LogP contribution is 2.10. The third-order valence-electron chi connectivity index (χ3n) is 4.43. The van der Waals surface area contributed by atoms with Gasteiger partial charge in [0.05, 0.1) is 12.6 Å². The summed E-state index contributed by atoms with van der Waals surface area (Å²) in [6.07, 6.45) is 0.857. The maximum Gasteiger partial charge on any atom is 0.326 e. The highest BCUT2D eigenvalue weighted by atomic mass is 16.4. The van der Waals surface area contributed by atoms with Gasteiger partial charge in [0.1, 0.15) is 12.1 Å². The minimum Gasteiger partial charge on any atom is -0.480 e. The quantitative estimate of drug-likeness (QED) is 0.241. The Kier molecular flexibility index (Phi) is 11.3. The van der Waals surface area contributed by atoms with Gasteiger partial charge in [-0.3, -0.25) is 14.4 Å². The molecule has 5 atom stereocenters. The van der Waals surface area contributed by atoms with E-state index in [-0.39, 0.29) is 24.8 Å². The van der Waals surface area contributed by atoms with Crippen molar-refractivity contribution in [1.29, 1.82) is 0 Å². The molecule has 28 heavy (non-hydrogen) atoms. The van der Waals surface area contributed by atoms with Crippen LogP contribution in [0.4, 0.5) is 0 Å². The first-order chi connectivity index (χ1) is 12.9. The van der Waals surface area contributed by atoms with Gasteiger partial charge in [-0.05, 0) is 25.2 Å². The second-order valence-electron chi connectivity index (χ2n) is 7.56. The van der Waals surface area contributed by atoms with Gasteiger partial charge in [-0.25, -0.2) is 4.79 Å². The average Bonchev–Trinajstić information content (AvgIpc) is 2.61. The van der Waals surface area contributed by atoms with Crippen molar-refractivity contribution in [2.24, 2.45) is 23.3 Å². The van der Waals surface area contributed by atoms with Crippen molar-refractivity contribution in [2.75, 3.05) is 6.54 Å². The first kappa shape index (κ1) is 25.8. The zero-order chi connectivity index (χ0) is 22.0. The molecule has 8 N–H and O–H groups in total. The van der Waals surface area contributed by atoms with E-state index >= 15 is 0 Å². The van der Waals surface area contributed by atoms with Gasteiger partial charge in [-0.15, -0.1) is 0 Å². The number of hydrogen-bond donors (Lipinski definition) is 6. The normalized spacial score (nSPS) is 16.4. The number of aliphatic carboxylic acids is 1. The molecule has 0 aliphatic rings. The topological polar surface area (TPSA) is 177 Å². The van der Waals surface area contributed by atoms with Crippen LogP contribution in [0.5, 0.6) is 0 Å². The van der Waals surface area contributed by atoms with Crippen LogP contribution in [-0.2, 0) is 19.2 Å². The fourth-order valence-corrected chi connectivity index (χ4v) is 2.40. The third-order valence-corrected chi connectivity index (χ3v) is 4.43. The average molecular weight is 402 g/mol. The zero-order valence-electron chi connectivity index (χ0n) is 17.3. The monoisotopic (exact) mass is 401 g/mol. The van der Waals surface area contributed by atoms with Crippen LogP contribution in [0.3, 0.4) is 0 Å². The summed E-state index contributed by atoms with van der Waals surface area (Å²) in [6.45, 7) is 8.53. The number of nitrogens with one attached hydrogen (secondary N) is 3. The van der Waals surface area contributed by atoms with Gasteiger partial charge in [0.2, 0.25) is 17.7 Å². The summed E-state index contributed by atoms with van der Waals surface area (Å²) in [5.41, 5.74) is 11.1. The summed E-state index contributed by atoms with van der Waals surface area (Å²) in [5.74, 6) is -3.02. The second-order valence-corrected chi connectivity index (χ2v) is 7.56. The lowest BCUT2D eigenvalue weighted by Crippen LogP contribution is -2.56. The van der Waals surface area contributed by atoms with Crippen molar-refractivity contribution in [2.45, 2.75) is 71.6 Å². The van der Waals surface area contributed by atoms with E-state index in [9.17, 15) is 24.3 Å². The standard InChI is InChI=1S/C18H35N5O5/c1-6-10(4)15(17(26)22-12(18(27)28)7-9(2)3)23-13(24)8-21-16(25)14(20)11(5)19/h9-12,14-15H,6-8,19-20H2,1-5H3,(H,21,25)(H,22,26)(H,23,24)(H,27,28)/t10-,11?,12-,14-,15-/m0/s1. The molecule has 10 heteroatoms. The summed E-state index contributed by atoms with van der Waals surface area (Å²) in [4.78, 5) is 47.9. The first-order valence-corrected chi connectivity index (χ1v) is 9.52. The van der Waals surface area contributed by atoms with Gasteiger partial charge in [0, 0.05) is 6.04 Å². The lowest BCUT2D eigenvalue weighted by molar-refractivity contribution is -0.143. The van der Waals surface area contributed by atoms with Crippen molar-refractivity contribution in [3.8, 4) is 0 Å². The smallest absolute Gasteiger partial charge is 0.326 e. The van der Waals surface area contributed by atoms with E-state index in [0.717, 1.165) is 0 Å². The molecule has 0 saturated heterocycles. The van der Waals surface area contributed by atoms with Crippen LogP contribution in [0.25, 0.3) is 0 Å². The maximum atomic E-state index is 12.6. The van der Waals surface area contributed by atoms with E-state index in [1.807, 2.05) is 20.8 Å². The molecular formula is C18H35N5O5. The zero-order valence-corrected chi connectivity index (χ0v) is 17.3. The number of carboxylic acid groups (broad SMARTS) is 1. The molecule has 0 aromatic carbocycles. The molecule has 0 fully saturated rings. The maximum absolute atomic E-state index is 12.6. The molecule has 0 aromatic heterocycles. The van der Waals surface area contributed by atoms with Crippen molar-refractivity contribution < 1.29 is 24.3 Å². The van der Waals surface area contributed by atoms with Crippen molar-refractivity contribution >= 4 is 23.7 Å². The van der Waals surface area contributed by atoms with E-state index in [0.29, 0.717) is 6.42 Å². The molecule has 0 radical (unpaired) electrons. The van der Waals surface area contributed by atoms with Crippen LogP contribution in [-0.4, -0.2) is 59.5 Å². The Hall–Kier alpha value is -2.20. The second kappa shape index (κ2) is 12.3. The van der Waals surface area contributed by atoms with Crippen molar-refractivity contribution in [1.82, 2.24) is 16.0 Å². The van der Waals surface area contributed by atoms with Crippen LogP contribution in [0.1, 0.15) is 47.5 Å². The molecule has 0 aliphatic heterocycles. The Morgan fingerprint density at radius 3 is 1.96 bits per heavy atom. The Morgan fingerprint density at radius 1 is 0.964 bits per heavy atom. The largest absolute Gasteiger partial charge is 0.480 e. The Bertz CT molecular complexity index is 552. The van der Waals surface area contributed by atoms with Crippen molar-refractivity contribution in [3.63, 3.8) is 0 Å². The van der Waals surface area contributed by atoms with Crippen molar-refractivity contribution in [3.05, 3.63) is 0 Å². The molecule has 0 bridgehead atoms. The molecule has 10 nitrogen and oxygen atoms in total. The van der Waals surface area contributed by atoms with Gasteiger partial charge in [-0.2, -0.15) is 0 Å². The summed E-state index contributed by atoms with van der Waals surface area (Å²) < 4.78 is 0. The summed E-state index contributed by atoms with van der Waals surface area (Å²) >= 11 is 0. The predicted octanol–water partition coefficient (Wildman–Crippen LogP) is -1.08. The molecule has 162 valence electrons. The predicted molar refractivity (Wildman–Crippen MR) is 105 cm³/mol. The van der Waals surface area contributed by atoms with Crippen LogP contribution in [0.15, 0.2) is 0 Å². The minimum absolute atomic E-state index is 0.0717. The molecule has 0 saturated carbocycles. The number of carbonyl (C=O) groups excluding carboxylic acids is 3. The molecule has 0 heterocycles. The molecule has 0 aromatic rings. The summed E-state index contributed by atoms with van der Waals surface area (Å²) in [7, 11) is 0. The van der Waals surface area contributed by atoms with Crippen LogP contribution in [0.2, 0.25) is 0 Å². The molecule has 3 amide bonds. The number of hydrogen-bond acceptors (Lipinski definition) is 6. The van der Waals surface area contributed by atoms with Gasteiger partial charge in [0.15, 0.2) is 0 Å². The SMILES string of the molecule is CC[C@H](C)[C@H](NC(=O)CNC(=O)[C@@H](N)C(C)N)C(=O)N[C@@H](CC(C)C)C(=O)O. The van der Waals surface area contributed by atoms with Crippen LogP contribution >= 0.6 is 0 Å². The highest BCUT2D eigenvalue weighted by molar-refractivity contribution is 5.92. The Morgan fingerprint density at radius 2 is 1.54 bits per heavy atom. The first-order valence-electron chi connectivity index (χ1n) is 9.52.